The van der Waals surface area contributed by atoms with Crippen LogP contribution in [-0.4, -0.2) is 25.0 Å². The van der Waals surface area contributed by atoms with E-state index in [1.165, 1.54) is 0 Å². The highest BCUT2D eigenvalue weighted by molar-refractivity contribution is 6.06. The van der Waals surface area contributed by atoms with Crippen LogP contribution in [0, 0.1) is 0 Å². The van der Waals surface area contributed by atoms with E-state index in [4.69, 9.17) is 5.73 Å². The summed E-state index contributed by atoms with van der Waals surface area (Å²) in [6, 6.07) is 10.9. The van der Waals surface area contributed by atoms with Crippen LogP contribution >= 0.6 is 0 Å². The van der Waals surface area contributed by atoms with Gasteiger partial charge >= 0.3 is 0 Å². The van der Waals surface area contributed by atoms with E-state index < -0.39 is 0 Å². The molecule has 5 nitrogen and oxygen atoms in total. The maximum absolute atomic E-state index is 12.0. The molecule has 2 aromatic rings. The van der Waals surface area contributed by atoms with E-state index in [-0.39, 0.29) is 11.6 Å². The topological polar surface area (TPSA) is 71.2 Å². The fourth-order valence-corrected chi connectivity index (χ4v) is 1.64. The summed E-state index contributed by atoms with van der Waals surface area (Å²) < 4.78 is 0. The third kappa shape index (κ3) is 3.01. The maximum Gasteiger partial charge on any atom is 0.276 e. The highest BCUT2D eigenvalue weighted by atomic mass is 16.1. The van der Waals surface area contributed by atoms with Crippen molar-refractivity contribution in [2.45, 2.75) is 0 Å². The van der Waals surface area contributed by atoms with Gasteiger partial charge in [0, 0.05) is 31.7 Å². The van der Waals surface area contributed by atoms with Crippen molar-refractivity contribution in [1.82, 2.24) is 4.98 Å². The second kappa shape index (κ2) is 5.39. The molecule has 3 N–H and O–H groups in total. The number of carbonyl (C=O) groups is 1. The second-order valence-corrected chi connectivity index (χ2v) is 4.34. The summed E-state index contributed by atoms with van der Waals surface area (Å²) in [5.41, 5.74) is 8.08. The largest absolute Gasteiger partial charge is 0.397 e. The molecule has 0 spiro atoms. The van der Waals surface area contributed by atoms with E-state index in [2.05, 4.69) is 10.3 Å². The molecule has 1 aromatic carbocycles. The molecule has 98 valence electrons. The molecule has 0 aliphatic carbocycles. The van der Waals surface area contributed by atoms with Gasteiger partial charge in [0.1, 0.15) is 0 Å². The fraction of sp³-hybridized carbons (Fsp3) is 0.143. The SMILES string of the molecule is CN(C)c1ccc(NC(=O)c2ncccc2N)cc1. The van der Waals surface area contributed by atoms with Gasteiger partial charge < -0.3 is 16.0 Å². The lowest BCUT2D eigenvalue weighted by Crippen LogP contribution is -2.16. The zero-order valence-corrected chi connectivity index (χ0v) is 10.9. The Morgan fingerprint density at radius 2 is 1.89 bits per heavy atom. The highest BCUT2D eigenvalue weighted by Crippen LogP contribution is 2.17. The van der Waals surface area contributed by atoms with Crippen LogP contribution in [0.5, 0.6) is 0 Å². The van der Waals surface area contributed by atoms with Gasteiger partial charge in [-0.2, -0.15) is 0 Å². The molecule has 1 amide bonds. The first-order valence-electron chi connectivity index (χ1n) is 5.87. The summed E-state index contributed by atoms with van der Waals surface area (Å²) in [6.07, 6.45) is 1.54. The summed E-state index contributed by atoms with van der Waals surface area (Å²) in [4.78, 5) is 18.0. The average molecular weight is 256 g/mol. The summed E-state index contributed by atoms with van der Waals surface area (Å²) in [5.74, 6) is -0.310. The number of pyridine rings is 1. The zero-order chi connectivity index (χ0) is 13.8. The standard InChI is InChI=1S/C14H16N4O/c1-18(2)11-7-5-10(6-8-11)17-14(19)13-12(15)4-3-9-16-13/h3-9H,15H2,1-2H3,(H,17,19). The van der Waals surface area contributed by atoms with Crippen LogP contribution in [0.4, 0.5) is 17.1 Å². The number of nitrogens with one attached hydrogen (secondary N) is 1. The molecule has 0 bridgehead atoms. The Morgan fingerprint density at radius 3 is 2.47 bits per heavy atom. The normalized spacial score (nSPS) is 10.0. The molecule has 0 fully saturated rings. The number of rotatable bonds is 3. The molecule has 0 atom stereocenters. The number of anilines is 3. The van der Waals surface area contributed by atoms with Gasteiger partial charge in [-0.1, -0.05) is 0 Å². The summed E-state index contributed by atoms with van der Waals surface area (Å²) in [5, 5.41) is 2.77. The van der Waals surface area contributed by atoms with Crippen LogP contribution in [0.1, 0.15) is 10.5 Å². The molecule has 0 saturated carbocycles. The van der Waals surface area contributed by atoms with Gasteiger partial charge in [-0.25, -0.2) is 4.98 Å². The third-order valence-corrected chi connectivity index (χ3v) is 2.70. The maximum atomic E-state index is 12.0. The molecule has 0 unspecified atom stereocenters. The smallest absolute Gasteiger partial charge is 0.276 e. The fourth-order valence-electron chi connectivity index (χ4n) is 1.64. The Morgan fingerprint density at radius 1 is 1.21 bits per heavy atom. The Bertz CT molecular complexity index is 578. The Hall–Kier alpha value is -2.56. The first kappa shape index (κ1) is 12.9. The number of nitrogen functional groups attached to an aromatic ring is 1. The summed E-state index contributed by atoms with van der Waals surface area (Å²) >= 11 is 0. The summed E-state index contributed by atoms with van der Waals surface area (Å²) in [7, 11) is 3.92. The van der Waals surface area contributed by atoms with E-state index in [9.17, 15) is 4.79 Å². The van der Waals surface area contributed by atoms with Crippen LogP contribution in [0.15, 0.2) is 42.6 Å². The number of hydrogen-bond donors (Lipinski definition) is 2. The Kier molecular flexibility index (Phi) is 3.66. The van der Waals surface area contributed by atoms with E-state index in [1.54, 1.807) is 18.3 Å². The zero-order valence-electron chi connectivity index (χ0n) is 10.9. The summed E-state index contributed by atoms with van der Waals surface area (Å²) in [6.45, 7) is 0. The van der Waals surface area contributed by atoms with Gasteiger partial charge in [0.15, 0.2) is 5.69 Å². The van der Waals surface area contributed by atoms with Crippen molar-refractivity contribution in [1.29, 1.82) is 0 Å². The predicted molar refractivity (Wildman–Crippen MR) is 77.4 cm³/mol. The van der Waals surface area contributed by atoms with Crippen molar-refractivity contribution in [2.75, 3.05) is 30.0 Å². The van der Waals surface area contributed by atoms with Crippen LogP contribution in [-0.2, 0) is 0 Å². The van der Waals surface area contributed by atoms with Gasteiger partial charge in [0.05, 0.1) is 5.69 Å². The van der Waals surface area contributed by atoms with Crippen molar-refractivity contribution in [2.24, 2.45) is 0 Å². The van der Waals surface area contributed by atoms with Crippen molar-refractivity contribution < 1.29 is 4.79 Å². The predicted octanol–water partition coefficient (Wildman–Crippen LogP) is 1.98. The minimum atomic E-state index is -0.310. The second-order valence-electron chi connectivity index (χ2n) is 4.34. The van der Waals surface area contributed by atoms with Crippen molar-refractivity contribution in [3.05, 3.63) is 48.3 Å². The van der Waals surface area contributed by atoms with E-state index in [0.29, 0.717) is 11.4 Å². The lowest BCUT2D eigenvalue weighted by Gasteiger charge is -2.13. The number of benzene rings is 1. The minimum Gasteiger partial charge on any atom is -0.397 e. The molecule has 19 heavy (non-hydrogen) atoms. The minimum absolute atomic E-state index is 0.235. The van der Waals surface area contributed by atoms with Gasteiger partial charge in [-0.3, -0.25) is 4.79 Å². The lowest BCUT2D eigenvalue weighted by molar-refractivity contribution is 0.102. The molecule has 5 heteroatoms. The van der Waals surface area contributed by atoms with Crippen LogP contribution in [0.3, 0.4) is 0 Å². The molecule has 1 aromatic heterocycles. The monoisotopic (exact) mass is 256 g/mol. The molecule has 2 rings (SSSR count). The van der Waals surface area contributed by atoms with Gasteiger partial charge in [0.25, 0.3) is 5.91 Å². The third-order valence-electron chi connectivity index (χ3n) is 2.70. The van der Waals surface area contributed by atoms with Crippen LogP contribution in [0.2, 0.25) is 0 Å². The average Bonchev–Trinajstić information content (AvgIpc) is 2.39. The van der Waals surface area contributed by atoms with Gasteiger partial charge in [-0.15, -0.1) is 0 Å². The number of carbonyl (C=O) groups excluding carboxylic acids is 1. The van der Waals surface area contributed by atoms with Crippen LogP contribution in [0.25, 0.3) is 0 Å². The number of amides is 1. The molecule has 0 aliphatic heterocycles. The molecular formula is C14H16N4O. The van der Waals surface area contributed by atoms with E-state index in [1.807, 2.05) is 43.3 Å². The highest BCUT2D eigenvalue weighted by Gasteiger charge is 2.10. The van der Waals surface area contributed by atoms with E-state index in [0.717, 1.165) is 5.69 Å². The number of nitrogens with zero attached hydrogens (tertiary/aromatic N) is 2. The molecule has 0 radical (unpaired) electrons. The van der Waals surface area contributed by atoms with E-state index >= 15 is 0 Å². The number of aromatic nitrogens is 1. The number of nitrogens with two attached hydrogens (primary N) is 1. The lowest BCUT2D eigenvalue weighted by atomic mass is 10.2. The van der Waals surface area contributed by atoms with Crippen molar-refractivity contribution in [3.8, 4) is 0 Å². The molecule has 0 saturated heterocycles. The molecular weight excluding hydrogens is 240 g/mol. The van der Waals surface area contributed by atoms with Gasteiger partial charge in [0.2, 0.25) is 0 Å². The van der Waals surface area contributed by atoms with Crippen molar-refractivity contribution >= 4 is 23.0 Å². The number of hydrogen-bond acceptors (Lipinski definition) is 4. The quantitative estimate of drug-likeness (QED) is 0.881. The van der Waals surface area contributed by atoms with Crippen LogP contribution < -0.4 is 16.0 Å². The first-order chi connectivity index (χ1) is 9.08. The first-order valence-corrected chi connectivity index (χ1v) is 5.87. The Labute approximate surface area is 112 Å². The van der Waals surface area contributed by atoms with Crippen molar-refractivity contribution in [3.63, 3.8) is 0 Å². The molecule has 1 heterocycles. The van der Waals surface area contributed by atoms with Gasteiger partial charge in [-0.05, 0) is 36.4 Å². The molecule has 0 aliphatic rings. The Balaban J connectivity index is 2.13.